The summed E-state index contributed by atoms with van der Waals surface area (Å²) in [5.74, 6) is 0.560. The van der Waals surface area contributed by atoms with Crippen LogP contribution in [-0.4, -0.2) is 42.9 Å². The summed E-state index contributed by atoms with van der Waals surface area (Å²) in [6.07, 6.45) is 1.19. The minimum Gasteiger partial charge on any atom is -0.286 e. The molecule has 2 aromatic rings. The molecule has 3 rings (SSSR count). The number of para-hydroxylation sites is 1. The number of thioether (sulfide) groups is 1. The third-order valence-corrected chi connectivity index (χ3v) is 5.77. The molecule has 0 spiro atoms. The van der Waals surface area contributed by atoms with E-state index in [9.17, 15) is 13.2 Å². The lowest BCUT2D eigenvalue weighted by molar-refractivity contribution is 0.0859. The Bertz CT molecular complexity index is 968. The zero-order chi connectivity index (χ0) is 18.7. The van der Waals surface area contributed by atoms with Crippen LogP contribution in [0.1, 0.15) is 21.5 Å². The van der Waals surface area contributed by atoms with Crippen molar-refractivity contribution in [2.45, 2.75) is 12.7 Å². The molecule has 0 atom stereocenters. The second kappa shape index (κ2) is 7.63. The molecule has 26 heavy (non-hydrogen) atoms. The minimum absolute atomic E-state index is 0.0764. The molecule has 7 heteroatoms. The molecule has 0 saturated carbocycles. The van der Waals surface area contributed by atoms with Crippen LogP contribution in [0.5, 0.6) is 0 Å². The van der Waals surface area contributed by atoms with Crippen molar-refractivity contribution in [3.8, 4) is 0 Å². The number of aliphatic imine (C=N–C) groups is 1. The molecule has 0 unspecified atom stereocenters. The fourth-order valence-corrected chi connectivity index (χ4v) is 4.46. The van der Waals surface area contributed by atoms with Crippen LogP contribution in [0.4, 0.5) is 5.69 Å². The maximum atomic E-state index is 12.9. The normalized spacial score (nSPS) is 16.2. The summed E-state index contributed by atoms with van der Waals surface area (Å²) in [6, 6.07) is 14.6. The Morgan fingerprint density at radius 2 is 1.96 bits per heavy atom. The van der Waals surface area contributed by atoms with Gasteiger partial charge in [0, 0.05) is 24.1 Å². The second-order valence-electron chi connectivity index (χ2n) is 6.26. The Labute approximate surface area is 158 Å². The first-order chi connectivity index (χ1) is 12.3. The predicted octanol–water partition coefficient (Wildman–Crippen LogP) is 3.42. The molecule has 5 nitrogen and oxygen atoms in total. The molecule has 1 amide bonds. The lowest BCUT2D eigenvalue weighted by Gasteiger charge is -2.16. The fraction of sp³-hybridized carbons (Fsp3) is 0.263. The Balaban J connectivity index is 1.87. The lowest BCUT2D eigenvalue weighted by atomic mass is 10.1. The Morgan fingerprint density at radius 1 is 1.19 bits per heavy atom. The molecule has 2 aromatic carbocycles. The molecular weight excluding hydrogens is 368 g/mol. The summed E-state index contributed by atoms with van der Waals surface area (Å²) in [7, 11) is -3.15. The van der Waals surface area contributed by atoms with Crippen LogP contribution in [0.15, 0.2) is 53.5 Å². The summed E-state index contributed by atoms with van der Waals surface area (Å²) in [5, 5.41) is 0.679. The van der Waals surface area contributed by atoms with Crippen molar-refractivity contribution in [1.82, 2.24) is 4.90 Å². The van der Waals surface area contributed by atoms with E-state index in [2.05, 4.69) is 4.99 Å². The van der Waals surface area contributed by atoms with Crippen molar-refractivity contribution in [3.05, 3.63) is 65.2 Å². The highest BCUT2D eigenvalue weighted by Crippen LogP contribution is 2.26. The van der Waals surface area contributed by atoms with Crippen molar-refractivity contribution in [2.24, 2.45) is 4.99 Å². The van der Waals surface area contributed by atoms with Gasteiger partial charge in [0.05, 0.1) is 11.4 Å². The van der Waals surface area contributed by atoms with E-state index in [0.717, 1.165) is 17.0 Å². The van der Waals surface area contributed by atoms with Gasteiger partial charge in [-0.05, 0) is 36.2 Å². The number of hydrogen-bond donors (Lipinski definition) is 0. The Hall–Kier alpha value is -2.12. The second-order valence-corrected chi connectivity index (χ2v) is 9.46. The highest BCUT2D eigenvalue weighted by molar-refractivity contribution is 8.14. The number of nitrogens with zero attached hydrogens (tertiary/aromatic N) is 2. The van der Waals surface area contributed by atoms with Gasteiger partial charge in [-0.2, -0.15) is 0 Å². The molecule has 0 radical (unpaired) electrons. The average Bonchev–Trinajstić information content (AvgIpc) is 3.03. The topological polar surface area (TPSA) is 66.8 Å². The molecule has 0 aliphatic carbocycles. The van der Waals surface area contributed by atoms with Gasteiger partial charge in [0.2, 0.25) is 0 Å². The van der Waals surface area contributed by atoms with Gasteiger partial charge in [-0.25, -0.2) is 13.4 Å². The van der Waals surface area contributed by atoms with E-state index >= 15 is 0 Å². The first-order valence-electron chi connectivity index (χ1n) is 8.19. The van der Waals surface area contributed by atoms with E-state index in [-0.39, 0.29) is 11.7 Å². The van der Waals surface area contributed by atoms with Crippen LogP contribution in [0, 0.1) is 6.92 Å². The number of amidine groups is 1. The number of carbonyl (C=O) groups excluding carboxylic acids is 1. The maximum Gasteiger partial charge on any atom is 0.259 e. The van der Waals surface area contributed by atoms with Crippen LogP contribution in [0.2, 0.25) is 0 Å². The molecular formula is C19H20N2O3S2. The highest BCUT2D eigenvalue weighted by atomic mass is 32.2. The van der Waals surface area contributed by atoms with Gasteiger partial charge in [0.25, 0.3) is 5.91 Å². The third-order valence-electron chi connectivity index (χ3n) is 3.96. The molecule has 1 heterocycles. The largest absolute Gasteiger partial charge is 0.286 e. The SMILES string of the molecule is Cc1ccccc1N=C1SCCN1C(=O)c1cccc(CS(C)(=O)=O)c1. The summed E-state index contributed by atoms with van der Waals surface area (Å²) in [5.41, 5.74) is 2.99. The molecule has 0 bridgehead atoms. The number of amides is 1. The summed E-state index contributed by atoms with van der Waals surface area (Å²) >= 11 is 1.55. The monoisotopic (exact) mass is 388 g/mol. The molecule has 0 N–H and O–H groups in total. The van der Waals surface area contributed by atoms with E-state index in [1.54, 1.807) is 40.9 Å². The fourth-order valence-electron chi connectivity index (χ4n) is 2.73. The van der Waals surface area contributed by atoms with Crippen LogP contribution >= 0.6 is 11.8 Å². The van der Waals surface area contributed by atoms with Crippen molar-refractivity contribution < 1.29 is 13.2 Å². The van der Waals surface area contributed by atoms with E-state index in [4.69, 9.17) is 0 Å². The number of sulfone groups is 1. The number of carbonyl (C=O) groups is 1. The minimum atomic E-state index is -3.15. The van der Waals surface area contributed by atoms with Gasteiger partial charge in [0.15, 0.2) is 15.0 Å². The van der Waals surface area contributed by atoms with Crippen LogP contribution < -0.4 is 0 Å². The zero-order valence-electron chi connectivity index (χ0n) is 14.7. The van der Waals surface area contributed by atoms with Gasteiger partial charge in [0.1, 0.15) is 0 Å². The highest BCUT2D eigenvalue weighted by Gasteiger charge is 2.27. The number of hydrogen-bond acceptors (Lipinski definition) is 5. The molecule has 1 aliphatic rings. The average molecular weight is 389 g/mol. The maximum absolute atomic E-state index is 12.9. The summed E-state index contributed by atoms with van der Waals surface area (Å²) in [6.45, 7) is 2.57. The van der Waals surface area contributed by atoms with Gasteiger partial charge < -0.3 is 0 Å². The smallest absolute Gasteiger partial charge is 0.259 e. The Morgan fingerprint density at radius 3 is 2.69 bits per heavy atom. The molecule has 136 valence electrons. The molecule has 1 fully saturated rings. The van der Waals surface area contributed by atoms with E-state index < -0.39 is 9.84 Å². The quantitative estimate of drug-likeness (QED) is 0.805. The first kappa shape index (κ1) is 18.7. The zero-order valence-corrected chi connectivity index (χ0v) is 16.3. The lowest BCUT2D eigenvalue weighted by Crippen LogP contribution is -2.31. The van der Waals surface area contributed by atoms with Crippen molar-refractivity contribution in [2.75, 3.05) is 18.6 Å². The molecule has 1 saturated heterocycles. The molecule has 0 aromatic heterocycles. The number of benzene rings is 2. The van der Waals surface area contributed by atoms with E-state index in [0.29, 0.717) is 22.8 Å². The van der Waals surface area contributed by atoms with Crippen LogP contribution in [-0.2, 0) is 15.6 Å². The van der Waals surface area contributed by atoms with Crippen molar-refractivity contribution >= 4 is 38.4 Å². The van der Waals surface area contributed by atoms with Gasteiger partial charge >= 0.3 is 0 Å². The van der Waals surface area contributed by atoms with Crippen molar-refractivity contribution in [1.29, 1.82) is 0 Å². The van der Waals surface area contributed by atoms with Crippen molar-refractivity contribution in [3.63, 3.8) is 0 Å². The van der Waals surface area contributed by atoms with Gasteiger partial charge in [-0.15, -0.1) is 0 Å². The predicted molar refractivity (Wildman–Crippen MR) is 107 cm³/mol. The summed E-state index contributed by atoms with van der Waals surface area (Å²) in [4.78, 5) is 19.3. The molecule has 1 aliphatic heterocycles. The first-order valence-corrected chi connectivity index (χ1v) is 11.2. The van der Waals surface area contributed by atoms with Crippen LogP contribution in [0.25, 0.3) is 0 Å². The van der Waals surface area contributed by atoms with Gasteiger partial charge in [-0.3, -0.25) is 9.69 Å². The number of aryl methyl sites for hydroxylation is 1. The standard InChI is InChI=1S/C19H20N2O3S2/c1-14-6-3-4-9-17(14)20-19-21(10-11-25-19)18(22)16-8-5-7-15(12-16)13-26(2,23)24/h3-9,12H,10-11,13H2,1-2H3. The van der Waals surface area contributed by atoms with Gasteiger partial charge in [-0.1, -0.05) is 42.1 Å². The van der Waals surface area contributed by atoms with Crippen LogP contribution in [0.3, 0.4) is 0 Å². The summed E-state index contributed by atoms with van der Waals surface area (Å²) < 4.78 is 23.0. The Kier molecular flexibility index (Phi) is 5.48. The third kappa shape index (κ3) is 4.53. The van der Waals surface area contributed by atoms with E-state index in [1.165, 1.54) is 6.26 Å². The van der Waals surface area contributed by atoms with E-state index in [1.807, 2.05) is 31.2 Å². The number of rotatable bonds is 4.